The van der Waals surface area contributed by atoms with Crippen molar-refractivity contribution in [1.82, 2.24) is 5.32 Å². The zero-order valence-corrected chi connectivity index (χ0v) is 10.8. The summed E-state index contributed by atoms with van der Waals surface area (Å²) in [4.78, 5) is 11.7. The van der Waals surface area contributed by atoms with Gasteiger partial charge in [-0.2, -0.15) is 0 Å². The van der Waals surface area contributed by atoms with Gasteiger partial charge >= 0.3 is 0 Å². The minimum Gasteiger partial charge on any atom is -0.389 e. The van der Waals surface area contributed by atoms with Gasteiger partial charge in [-0.25, -0.2) is 0 Å². The number of aliphatic hydroxyl groups excluding tert-OH is 1. The van der Waals surface area contributed by atoms with Crippen LogP contribution in [0.2, 0.25) is 10.0 Å². The molecule has 0 bridgehead atoms. The van der Waals surface area contributed by atoms with Crippen molar-refractivity contribution >= 4 is 29.1 Å². The quantitative estimate of drug-likeness (QED) is 0.862. The Labute approximate surface area is 109 Å². The van der Waals surface area contributed by atoms with Crippen LogP contribution in [0.4, 0.5) is 0 Å². The van der Waals surface area contributed by atoms with Crippen molar-refractivity contribution in [2.45, 2.75) is 6.10 Å². The standard InChI is InChI=1S/C11H13Cl2NO3/c1-17-6-8(15)5-14-11(16)9-3-2-7(12)4-10(9)13/h2-4,8,15H,5-6H2,1H3,(H,14,16). The van der Waals surface area contributed by atoms with E-state index in [2.05, 4.69) is 5.32 Å². The first-order chi connectivity index (χ1) is 8.04. The molecule has 0 aliphatic rings. The van der Waals surface area contributed by atoms with Crippen molar-refractivity contribution in [3.63, 3.8) is 0 Å². The number of hydrogen-bond acceptors (Lipinski definition) is 3. The maximum absolute atomic E-state index is 11.7. The van der Waals surface area contributed by atoms with Crippen LogP contribution < -0.4 is 5.32 Å². The van der Waals surface area contributed by atoms with E-state index < -0.39 is 6.10 Å². The summed E-state index contributed by atoms with van der Waals surface area (Å²) in [6.07, 6.45) is -0.741. The van der Waals surface area contributed by atoms with Gasteiger partial charge in [-0.05, 0) is 18.2 Å². The second kappa shape index (κ2) is 6.81. The van der Waals surface area contributed by atoms with E-state index in [9.17, 15) is 9.90 Å². The number of ether oxygens (including phenoxy) is 1. The smallest absolute Gasteiger partial charge is 0.252 e. The summed E-state index contributed by atoms with van der Waals surface area (Å²) in [5.41, 5.74) is 0.320. The van der Waals surface area contributed by atoms with E-state index in [1.807, 2.05) is 0 Å². The van der Waals surface area contributed by atoms with Gasteiger partial charge in [-0.1, -0.05) is 23.2 Å². The van der Waals surface area contributed by atoms with Crippen LogP contribution in [0, 0.1) is 0 Å². The minimum absolute atomic E-state index is 0.103. The lowest BCUT2D eigenvalue weighted by Crippen LogP contribution is -2.34. The average Bonchev–Trinajstić information content (AvgIpc) is 2.26. The third-order valence-electron chi connectivity index (χ3n) is 2.03. The number of rotatable bonds is 5. The zero-order chi connectivity index (χ0) is 12.8. The Bertz CT molecular complexity index is 398. The van der Waals surface area contributed by atoms with Gasteiger partial charge in [0.1, 0.15) is 0 Å². The highest BCUT2D eigenvalue weighted by Gasteiger charge is 2.12. The average molecular weight is 278 g/mol. The van der Waals surface area contributed by atoms with E-state index in [4.69, 9.17) is 27.9 Å². The SMILES string of the molecule is COCC(O)CNC(=O)c1ccc(Cl)cc1Cl. The summed E-state index contributed by atoms with van der Waals surface area (Å²) >= 11 is 11.6. The summed E-state index contributed by atoms with van der Waals surface area (Å²) in [6.45, 7) is 0.264. The van der Waals surface area contributed by atoms with Crippen LogP contribution in [-0.2, 0) is 4.74 Å². The molecule has 0 saturated heterocycles. The van der Waals surface area contributed by atoms with Crippen molar-refractivity contribution in [1.29, 1.82) is 0 Å². The van der Waals surface area contributed by atoms with Crippen LogP contribution >= 0.6 is 23.2 Å². The summed E-state index contributed by atoms with van der Waals surface area (Å²) in [5, 5.41) is 12.7. The first kappa shape index (κ1) is 14.3. The van der Waals surface area contributed by atoms with E-state index in [0.717, 1.165) is 0 Å². The Hall–Kier alpha value is -0.810. The monoisotopic (exact) mass is 277 g/mol. The van der Waals surface area contributed by atoms with Gasteiger partial charge in [0.2, 0.25) is 0 Å². The maximum Gasteiger partial charge on any atom is 0.252 e. The van der Waals surface area contributed by atoms with Crippen LogP contribution in [0.3, 0.4) is 0 Å². The van der Waals surface area contributed by atoms with Crippen LogP contribution in [0.25, 0.3) is 0 Å². The second-order valence-corrected chi connectivity index (χ2v) is 4.29. The Balaban J connectivity index is 2.58. The lowest BCUT2D eigenvalue weighted by molar-refractivity contribution is 0.0610. The molecule has 1 amide bonds. The molecule has 4 nitrogen and oxygen atoms in total. The van der Waals surface area contributed by atoms with Crippen molar-refractivity contribution < 1.29 is 14.6 Å². The number of carbonyl (C=O) groups excluding carboxylic acids is 1. The van der Waals surface area contributed by atoms with Gasteiger partial charge in [-0.3, -0.25) is 4.79 Å². The molecule has 1 atom stereocenters. The molecule has 0 radical (unpaired) electrons. The van der Waals surface area contributed by atoms with Crippen LogP contribution in [0.1, 0.15) is 10.4 Å². The highest BCUT2D eigenvalue weighted by molar-refractivity contribution is 6.36. The van der Waals surface area contributed by atoms with Gasteiger partial charge in [0.05, 0.1) is 23.3 Å². The van der Waals surface area contributed by atoms with E-state index in [1.54, 1.807) is 6.07 Å². The summed E-state index contributed by atoms with van der Waals surface area (Å²) in [6, 6.07) is 4.60. The van der Waals surface area contributed by atoms with E-state index in [1.165, 1.54) is 19.2 Å². The molecule has 0 heterocycles. The molecule has 94 valence electrons. The number of methoxy groups -OCH3 is 1. The number of halogens is 2. The Morgan fingerprint density at radius 3 is 2.82 bits per heavy atom. The molecule has 0 fully saturated rings. The molecule has 0 aliphatic carbocycles. The Kier molecular flexibility index (Phi) is 5.71. The van der Waals surface area contributed by atoms with Crippen molar-refractivity contribution in [2.75, 3.05) is 20.3 Å². The highest BCUT2D eigenvalue weighted by atomic mass is 35.5. The number of nitrogens with one attached hydrogen (secondary N) is 1. The molecular formula is C11H13Cl2NO3. The fourth-order valence-corrected chi connectivity index (χ4v) is 1.72. The van der Waals surface area contributed by atoms with Crippen molar-refractivity contribution in [3.05, 3.63) is 33.8 Å². The van der Waals surface area contributed by atoms with Gasteiger partial charge < -0.3 is 15.2 Å². The fourth-order valence-electron chi connectivity index (χ4n) is 1.23. The lowest BCUT2D eigenvalue weighted by atomic mass is 10.2. The molecule has 6 heteroatoms. The molecule has 17 heavy (non-hydrogen) atoms. The number of aliphatic hydroxyl groups is 1. The second-order valence-electron chi connectivity index (χ2n) is 3.44. The first-order valence-electron chi connectivity index (χ1n) is 4.95. The number of hydrogen-bond donors (Lipinski definition) is 2. The summed E-state index contributed by atoms with van der Waals surface area (Å²) in [7, 11) is 1.47. The topological polar surface area (TPSA) is 58.6 Å². The molecule has 1 aromatic rings. The van der Waals surface area contributed by atoms with E-state index >= 15 is 0 Å². The molecule has 0 saturated carbocycles. The molecule has 0 aromatic heterocycles. The van der Waals surface area contributed by atoms with Gasteiger partial charge in [0.25, 0.3) is 5.91 Å². The number of benzene rings is 1. The molecule has 0 aliphatic heterocycles. The summed E-state index contributed by atoms with van der Waals surface area (Å²) < 4.78 is 4.74. The van der Waals surface area contributed by atoms with Crippen LogP contribution in [0.5, 0.6) is 0 Å². The third-order valence-corrected chi connectivity index (χ3v) is 2.58. The Morgan fingerprint density at radius 1 is 1.53 bits per heavy atom. The molecule has 2 N–H and O–H groups in total. The molecule has 0 spiro atoms. The summed E-state index contributed by atoms with van der Waals surface area (Å²) in [5.74, 6) is -0.359. The number of amides is 1. The largest absolute Gasteiger partial charge is 0.389 e. The van der Waals surface area contributed by atoms with Crippen LogP contribution in [-0.4, -0.2) is 37.4 Å². The fraction of sp³-hybridized carbons (Fsp3) is 0.364. The van der Waals surface area contributed by atoms with Gasteiger partial charge in [-0.15, -0.1) is 0 Å². The number of carbonyl (C=O) groups is 1. The zero-order valence-electron chi connectivity index (χ0n) is 9.24. The van der Waals surface area contributed by atoms with Gasteiger partial charge in [0, 0.05) is 18.7 Å². The predicted molar refractivity (Wildman–Crippen MR) is 66.7 cm³/mol. The predicted octanol–water partition coefficient (Wildman–Crippen LogP) is 1.73. The molecule has 1 unspecified atom stereocenters. The molecule has 1 aromatic carbocycles. The van der Waals surface area contributed by atoms with E-state index in [0.29, 0.717) is 10.6 Å². The first-order valence-corrected chi connectivity index (χ1v) is 5.70. The third kappa shape index (κ3) is 4.52. The highest BCUT2D eigenvalue weighted by Crippen LogP contribution is 2.20. The molecule has 1 rings (SSSR count). The van der Waals surface area contributed by atoms with Gasteiger partial charge in [0.15, 0.2) is 0 Å². The van der Waals surface area contributed by atoms with Crippen molar-refractivity contribution in [3.8, 4) is 0 Å². The van der Waals surface area contributed by atoms with Crippen molar-refractivity contribution in [2.24, 2.45) is 0 Å². The van der Waals surface area contributed by atoms with E-state index in [-0.39, 0.29) is 24.1 Å². The minimum atomic E-state index is -0.741. The lowest BCUT2D eigenvalue weighted by Gasteiger charge is -2.11. The Morgan fingerprint density at radius 2 is 2.24 bits per heavy atom. The maximum atomic E-state index is 11.7. The molecular weight excluding hydrogens is 265 g/mol. The van der Waals surface area contributed by atoms with Crippen LogP contribution in [0.15, 0.2) is 18.2 Å². The normalized spacial score (nSPS) is 12.2.